The standard InChI is InChI=1S/C12H18N2O2.ClH/c1-9-4-3-5-11(8-9)16-7-6-14-12(15)10(2)13;/h3-5,8,10H,6-7,13H2,1-2H3,(H,14,15);1H/t10-;/m0./s1. The Morgan fingerprint density at radius 2 is 2.24 bits per heavy atom. The number of hydrogen-bond donors (Lipinski definition) is 2. The first-order valence-corrected chi connectivity index (χ1v) is 5.32. The zero-order valence-corrected chi connectivity index (χ0v) is 10.9. The van der Waals surface area contributed by atoms with Crippen LogP contribution in [0.25, 0.3) is 0 Å². The van der Waals surface area contributed by atoms with Gasteiger partial charge in [0.2, 0.25) is 5.91 Å². The monoisotopic (exact) mass is 258 g/mol. The lowest BCUT2D eigenvalue weighted by atomic mass is 10.2. The van der Waals surface area contributed by atoms with E-state index in [2.05, 4.69) is 5.32 Å². The number of ether oxygens (including phenoxy) is 1. The molecule has 0 spiro atoms. The molecule has 1 aromatic rings. The Balaban J connectivity index is 0.00000256. The predicted molar refractivity (Wildman–Crippen MR) is 70.6 cm³/mol. The third kappa shape index (κ3) is 6.14. The topological polar surface area (TPSA) is 64.3 Å². The van der Waals surface area contributed by atoms with E-state index in [9.17, 15) is 4.79 Å². The first kappa shape index (κ1) is 15.7. The Bertz CT molecular complexity index is 356. The molecule has 0 aliphatic rings. The number of nitrogens with two attached hydrogens (primary N) is 1. The van der Waals surface area contributed by atoms with Crippen molar-refractivity contribution < 1.29 is 9.53 Å². The van der Waals surface area contributed by atoms with Crippen molar-refractivity contribution in [2.75, 3.05) is 13.2 Å². The Hall–Kier alpha value is -1.26. The fourth-order valence-electron chi connectivity index (χ4n) is 1.21. The summed E-state index contributed by atoms with van der Waals surface area (Å²) in [4.78, 5) is 11.1. The van der Waals surface area contributed by atoms with Crippen LogP contribution in [0.2, 0.25) is 0 Å². The average molecular weight is 259 g/mol. The van der Waals surface area contributed by atoms with E-state index >= 15 is 0 Å². The van der Waals surface area contributed by atoms with Crippen molar-refractivity contribution in [1.82, 2.24) is 5.32 Å². The number of benzene rings is 1. The van der Waals surface area contributed by atoms with Crippen LogP contribution in [0.3, 0.4) is 0 Å². The highest BCUT2D eigenvalue weighted by molar-refractivity contribution is 5.85. The number of amides is 1. The van der Waals surface area contributed by atoms with Gasteiger partial charge in [0.05, 0.1) is 12.6 Å². The molecule has 3 N–H and O–H groups in total. The van der Waals surface area contributed by atoms with Gasteiger partial charge in [-0.25, -0.2) is 0 Å². The lowest BCUT2D eigenvalue weighted by Gasteiger charge is -2.09. The van der Waals surface area contributed by atoms with Gasteiger partial charge in [-0.1, -0.05) is 12.1 Å². The van der Waals surface area contributed by atoms with Gasteiger partial charge >= 0.3 is 0 Å². The molecule has 1 rings (SSSR count). The van der Waals surface area contributed by atoms with E-state index < -0.39 is 6.04 Å². The minimum atomic E-state index is -0.473. The maximum absolute atomic E-state index is 11.1. The lowest BCUT2D eigenvalue weighted by Crippen LogP contribution is -2.40. The Morgan fingerprint density at radius 3 is 2.82 bits per heavy atom. The van der Waals surface area contributed by atoms with Crippen LogP contribution in [0.1, 0.15) is 12.5 Å². The van der Waals surface area contributed by atoms with Gasteiger partial charge in [0.25, 0.3) is 0 Å². The first-order valence-electron chi connectivity index (χ1n) is 5.32. The molecule has 0 radical (unpaired) electrons. The van der Waals surface area contributed by atoms with Crippen LogP contribution >= 0.6 is 12.4 Å². The second-order valence-corrected chi connectivity index (χ2v) is 3.74. The number of rotatable bonds is 5. The maximum Gasteiger partial charge on any atom is 0.236 e. The average Bonchev–Trinajstić information content (AvgIpc) is 2.24. The van der Waals surface area contributed by atoms with Crippen LogP contribution < -0.4 is 15.8 Å². The maximum atomic E-state index is 11.1. The van der Waals surface area contributed by atoms with Crippen LogP contribution in [-0.4, -0.2) is 25.1 Å². The molecule has 0 aliphatic heterocycles. The predicted octanol–water partition coefficient (Wildman–Crippen LogP) is 1.26. The largest absolute Gasteiger partial charge is 0.492 e. The van der Waals surface area contributed by atoms with Crippen LogP contribution in [0.5, 0.6) is 5.75 Å². The van der Waals surface area contributed by atoms with Crippen LogP contribution in [0.15, 0.2) is 24.3 Å². The highest BCUT2D eigenvalue weighted by Gasteiger charge is 2.05. The molecule has 0 unspecified atom stereocenters. The molecule has 0 saturated carbocycles. The molecule has 0 bridgehead atoms. The number of aryl methyl sites for hydroxylation is 1. The highest BCUT2D eigenvalue weighted by Crippen LogP contribution is 2.11. The van der Waals surface area contributed by atoms with Crippen molar-refractivity contribution in [2.24, 2.45) is 5.73 Å². The van der Waals surface area contributed by atoms with Gasteiger partial charge in [0.15, 0.2) is 0 Å². The quantitative estimate of drug-likeness (QED) is 0.782. The van der Waals surface area contributed by atoms with Crippen molar-refractivity contribution in [2.45, 2.75) is 19.9 Å². The highest BCUT2D eigenvalue weighted by atomic mass is 35.5. The van der Waals surface area contributed by atoms with E-state index in [1.54, 1.807) is 6.92 Å². The smallest absolute Gasteiger partial charge is 0.236 e. The summed E-state index contributed by atoms with van der Waals surface area (Å²) in [6.45, 7) is 4.57. The van der Waals surface area contributed by atoms with Gasteiger partial charge in [-0.05, 0) is 31.5 Å². The third-order valence-corrected chi connectivity index (χ3v) is 2.07. The van der Waals surface area contributed by atoms with E-state index in [-0.39, 0.29) is 18.3 Å². The Morgan fingerprint density at radius 1 is 1.53 bits per heavy atom. The molecule has 0 aliphatic carbocycles. The van der Waals surface area contributed by atoms with Gasteiger partial charge in [0.1, 0.15) is 12.4 Å². The molecule has 4 nitrogen and oxygen atoms in total. The van der Waals surface area contributed by atoms with Crippen molar-refractivity contribution in [1.29, 1.82) is 0 Å². The van der Waals surface area contributed by atoms with E-state index in [1.807, 2.05) is 31.2 Å². The van der Waals surface area contributed by atoms with E-state index in [1.165, 1.54) is 0 Å². The van der Waals surface area contributed by atoms with Gasteiger partial charge in [-0.2, -0.15) is 0 Å². The second-order valence-electron chi connectivity index (χ2n) is 3.74. The van der Waals surface area contributed by atoms with Crippen molar-refractivity contribution in [3.8, 4) is 5.75 Å². The molecule has 0 heterocycles. The molecule has 0 aromatic heterocycles. The van der Waals surface area contributed by atoms with Crippen molar-refractivity contribution in [3.63, 3.8) is 0 Å². The molecule has 96 valence electrons. The summed E-state index contributed by atoms with van der Waals surface area (Å²) < 4.78 is 5.46. The van der Waals surface area contributed by atoms with Crippen molar-refractivity contribution in [3.05, 3.63) is 29.8 Å². The van der Waals surface area contributed by atoms with Gasteiger partial charge in [-0.3, -0.25) is 4.79 Å². The summed E-state index contributed by atoms with van der Waals surface area (Å²) in [5, 5.41) is 2.68. The summed E-state index contributed by atoms with van der Waals surface area (Å²) in [7, 11) is 0. The molecule has 1 amide bonds. The van der Waals surface area contributed by atoms with Gasteiger partial charge < -0.3 is 15.8 Å². The molecule has 5 heteroatoms. The van der Waals surface area contributed by atoms with Crippen LogP contribution in [0.4, 0.5) is 0 Å². The molecule has 1 atom stereocenters. The molecule has 0 fully saturated rings. The zero-order chi connectivity index (χ0) is 12.0. The molecule has 1 aromatic carbocycles. The minimum Gasteiger partial charge on any atom is -0.492 e. The minimum absolute atomic E-state index is 0. The molecular weight excluding hydrogens is 240 g/mol. The normalized spacial score (nSPS) is 11.2. The fraction of sp³-hybridized carbons (Fsp3) is 0.417. The fourth-order valence-corrected chi connectivity index (χ4v) is 1.21. The molecular formula is C12H19ClN2O2. The van der Waals surface area contributed by atoms with Crippen LogP contribution in [0, 0.1) is 6.92 Å². The van der Waals surface area contributed by atoms with E-state index in [4.69, 9.17) is 10.5 Å². The summed E-state index contributed by atoms with van der Waals surface area (Å²) in [6.07, 6.45) is 0. The Kier molecular flexibility index (Phi) is 7.34. The number of halogens is 1. The van der Waals surface area contributed by atoms with Crippen LogP contribution in [-0.2, 0) is 4.79 Å². The SMILES string of the molecule is Cc1cccc(OCCNC(=O)[C@H](C)N)c1.Cl. The third-order valence-electron chi connectivity index (χ3n) is 2.07. The number of carbonyl (C=O) groups is 1. The van der Waals surface area contributed by atoms with E-state index in [0.717, 1.165) is 11.3 Å². The summed E-state index contributed by atoms with van der Waals surface area (Å²) in [5.74, 6) is 0.655. The number of carbonyl (C=O) groups excluding carboxylic acids is 1. The van der Waals surface area contributed by atoms with Crippen molar-refractivity contribution >= 4 is 18.3 Å². The first-order chi connectivity index (χ1) is 7.59. The summed E-state index contributed by atoms with van der Waals surface area (Å²) in [5.41, 5.74) is 6.55. The second kappa shape index (κ2) is 7.92. The Labute approximate surface area is 108 Å². The van der Waals surface area contributed by atoms with Gasteiger partial charge in [0, 0.05) is 0 Å². The summed E-state index contributed by atoms with van der Waals surface area (Å²) >= 11 is 0. The molecule has 0 saturated heterocycles. The zero-order valence-electron chi connectivity index (χ0n) is 10.1. The lowest BCUT2D eigenvalue weighted by molar-refractivity contribution is -0.122. The number of hydrogen-bond acceptors (Lipinski definition) is 3. The summed E-state index contributed by atoms with van der Waals surface area (Å²) in [6, 6.07) is 7.31. The van der Waals surface area contributed by atoms with Gasteiger partial charge in [-0.15, -0.1) is 12.4 Å². The van der Waals surface area contributed by atoms with E-state index in [0.29, 0.717) is 13.2 Å². The number of nitrogens with one attached hydrogen (secondary N) is 1. The molecule has 17 heavy (non-hydrogen) atoms.